The van der Waals surface area contributed by atoms with Gasteiger partial charge in [-0.1, -0.05) is 30.3 Å². The summed E-state index contributed by atoms with van der Waals surface area (Å²) < 4.78 is 5.12. The van der Waals surface area contributed by atoms with Crippen molar-refractivity contribution in [2.45, 2.75) is 32.2 Å². The molecule has 0 atom stereocenters. The Hall–Kier alpha value is -1.39. The highest BCUT2D eigenvalue weighted by atomic mass is 16.5. The molecule has 0 unspecified atom stereocenters. The van der Waals surface area contributed by atoms with Crippen LogP contribution in [-0.2, 0) is 16.0 Å². The zero-order valence-electron chi connectivity index (χ0n) is 11.8. The van der Waals surface area contributed by atoms with Crippen LogP contribution >= 0.6 is 0 Å². The maximum Gasteiger partial charge on any atom is 0.246 e. The van der Waals surface area contributed by atoms with Crippen LogP contribution in [0.25, 0.3) is 0 Å². The fraction of sp³-hybridized carbons (Fsp3) is 0.533. The topological polar surface area (TPSA) is 64.3 Å². The van der Waals surface area contributed by atoms with Gasteiger partial charge in [-0.25, -0.2) is 0 Å². The molecule has 0 saturated heterocycles. The van der Waals surface area contributed by atoms with Gasteiger partial charge in [-0.3, -0.25) is 4.79 Å². The quantitative estimate of drug-likeness (QED) is 0.699. The van der Waals surface area contributed by atoms with Crippen LogP contribution in [0.3, 0.4) is 0 Å². The Kier molecular flexibility index (Phi) is 6.53. The van der Waals surface area contributed by atoms with Gasteiger partial charge >= 0.3 is 0 Å². The third-order valence-corrected chi connectivity index (χ3v) is 2.85. The second-order valence-electron chi connectivity index (χ2n) is 5.26. The van der Waals surface area contributed by atoms with E-state index >= 15 is 0 Å². The van der Waals surface area contributed by atoms with Crippen LogP contribution < -0.4 is 11.1 Å². The van der Waals surface area contributed by atoms with Gasteiger partial charge in [0.1, 0.15) is 6.61 Å². The van der Waals surface area contributed by atoms with Crippen LogP contribution in [-0.4, -0.2) is 31.2 Å². The molecule has 1 amide bonds. The number of hydrogen-bond acceptors (Lipinski definition) is 3. The fourth-order valence-corrected chi connectivity index (χ4v) is 1.83. The first kappa shape index (κ1) is 15.7. The van der Waals surface area contributed by atoms with Gasteiger partial charge in [-0.15, -0.1) is 0 Å². The number of hydrogen-bond donors (Lipinski definition) is 2. The summed E-state index contributed by atoms with van der Waals surface area (Å²) in [7, 11) is 0. The van der Waals surface area contributed by atoms with E-state index in [1.54, 1.807) is 0 Å². The molecule has 1 aromatic rings. The van der Waals surface area contributed by atoms with Gasteiger partial charge in [0.15, 0.2) is 0 Å². The van der Waals surface area contributed by atoms with Gasteiger partial charge < -0.3 is 15.8 Å². The lowest BCUT2D eigenvalue weighted by Crippen LogP contribution is -2.45. The largest absolute Gasteiger partial charge is 0.370 e. The van der Waals surface area contributed by atoms with E-state index in [1.165, 1.54) is 5.56 Å². The number of aryl methyl sites for hydroxylation is 1. The lowest BCUT2D eigenvalue weighted by atomic mass is 9.95. The molecule has 19 heavy (non-hydrogen) atoms. The first-order chi connectivity index (χ1) is 9.03. The molecule has 0 aromatic heterocycles. The number of benzene rings is 1. The highest BCUT2D eigenvalue weighted by Crippen LogP contribution is 2.13. The van der Waals surface area contributed by atoms with Crippen LogP contribution in [0.5, 0.6) is 0 Å². The molecule has 0 fully saturated rings. The molecule has 1 aromatic carbocycles. The van der Waals surface area contributed by atoms with Crippen molar-refractivity contribution in [1.29, 1.82) is 0 Å². The Morgan fingerprint density at radius 2 is 2.00 bits per heavy atom. The number of carbonyl (C=O) groups is 1. The Labute approximate surface area is 115 Å². The van der Waals surface area contributed by atoms with Crippen molar-refractivity contribution < 1.29 is 9.53 Å². The normalized spacial score (nSPS) is 11.3. The van der Waals surface area contributed by atoms with Gasteiger partial charge in [0.25, 0.3) is 0 Å². The smallest absolute Gasteiger partial charge is 0.246 e. The highest BCUT2D eigenvalue weighted by Gasteiger charge is 2.20. The van der Waals surface area contributed by atoms with E-state index in [1.807, 2.05) is 32.0 Å². The second-order valence-corrected chi connectivity index (χ2v) is 5.26. The zero-order valence-corrected chi connectivity index (χ0v) is 11.8. The van der Waals surface area contributed by atoms with Crippen molar-refractivity contribution in [3.8, 4) is 0 Å². The number of nitrogens with one attached hydrogen (secondary N) is 1. The Bertz CT molecular complexity index is 377. The number of ether oxygens (including phenoxy) is 1. The summed E-state index contributed by atoms with van der Waals surface area (Å²) in [5.41, 5.74) is 6.34. The van der Waals surface area contributed by atoms with Gasteiger partial charge in [-0.05, 0) is 32.3 Å². The van der Waals surface area contributed by atoms with Crippen molar-refractivity contribution in [2.24, 2.45) is 5.73 Å². The molecule has 0 radical (unpaired) electrons. The maximum absolute atomic E-state index is 11.7. The average molecular weight is 264 g/mol. The monoisotopic (exact) mass is 264 g/mol. The lowest BCUT2D eigenvalue weighted by molar-refractivity contribution is -0.127. The molecule has 0 heterocycles. The Morgan fingerprint density at radius 1 is 1.32 bits per heavy atom. The van der Waals surface area contributed by atoms with E-state index in [0.717, 1.165) is 12.8 Å². The first-order valence-electron chi connectivity index (χ1n) is 6.66. The van der Waals surface area contributed by atoms with E-state index in [-0.39, 0.29) is 18.1 Å². The maximum atomic E-state index is 11.7. The second kappa shape index (κ2) is 7.92. The minimum Gasteiger partial charge on any atom is -0.370 e. The minimum atomic E-state index is -0.237. The first-order valence-corrected chi connectivity index (χ1v) is 6.66. The molecular weight excluding hydrogens is 240 g/mol. The number of nitrogens with two attached hydrogens (primary N) is 1. The van der Waals surface area contributed by atoms with Gasteiger partial charge in [0.05, 0.1) is 6.61 Å². The lowest BCUT2D eigenvalue weighted by Gasteiger charge is -2.26. The summed E-state index contributed by atoms with van der Waals surface area (Å²) in [6.07, 6.45) is 1.83. The van der Waals surface area contributed by atoms with Crippen LogP contribution in [0.4, 0.5) is 0 Å². The number of carbonyl (C=O) groups excluding carboxylic acids is 1. The molecule has 106 valence electrons. The molecule has 3 N–H and O–H groups in total. The Morgan fingerprint density at radius 3 is 2.63 bits per heavy atom. The molecule has 0 aliphatic carbocycles. The van der Waals surface area contributed by atoms with E-state index < -0.39 is 0 Å². The van der Waals surface area contributed by atoms with E-state index in [0.29, 0.717) is 13.2 Å². The molecule has 0 saturated carbocycles. The summed E-state index contributed by atoms with van der Waals surface area (Å²) in [6.45, 7) is 4.97. The predicted octanol–water partition coefficient (Wildman–Crippen LogP) is 1.49. The summed E-state index contributed by atoms with van der Waals surface area (Å²) in [6, 6.07) is 10.3. The van der Waals surface area contributed by atoms with Crippen molar-refractivity contribution >= 4 is 5.91 Å². The summed E-state index contributed by atoms with van der Waals surface area (Å²) >= 11 is 0. The standard InChI is InChI=1S/C15H24N2O2/c1-15(2,17-14(18)12-19-11-10-16)9-8-13-6-4-3-5-7-13/h3-7H,8-12,16H2,1-2H3,(H,17,18). The highest BCUT2D eigenvalue weighted by molar-refractivity contribution is 5.77. The summed E-state index contributed by atoms with van der Waals surface area (Å²) in [5.74, 6) is -0.0912. The fourth-order valence-electron chi connectivity index (χ4n) is 1.83. The van der Waals surface area contributed by atoms with E-state index in [9.17, 15) is 4.79 Å². The van der Waals surface area contributed by atoms with Crippen LogP contribution in [0.15, 0.2) is 30.3 Å². The van der Waals surface area contributed by atoms with Crippen molar-refractivity contribution in [1.82, 2.24) is 5.32 Å². The number of amides is 1. The molecule has 0 spiro atoms. The van der Waals surface area contributed by atoms with Crippen LogP contribution in [0.2, 0.25) is 0 Å². The van der Waals surface area contributed by atoms with Crippen LogP contribution in [0.1, 0.15) is 25.8 Å². The molecule has 1 rings (SSSR count). The van der Waals surface area contributed by atoms with Gasteiger partial charge in [0, 0.05) is 12.1 Å². The average Bonchev–Trinajstić information content (AvgIpc) is 2.37. The molecule has 4 nitrogen and oxygen atoms in total. The van der Waals surface area contributed by atoms with Gasteiger partial charge in [0.2, 0.25) is 5.91 Å². The predicted molar refractivity (Wildman–Crippen MR) is 76.9 cm³/mol. The third-order valence-electron chi connectivity index (χ3n) is 2.85. The van der Waals surface area contributed by atoms with E-state index in [2.05, 4.69) is 17.4 Å². The molecule has 0 bridgehead atoms. The molecular formula is C15H24N2O2. The molecule has 0 aliphatic rings. The van der Waals surface area contributed by atoms with Crippen molar-refractivity contribution in [2.75, 3.05) is 19.8 Å². The summed E-state index contributed by atoms with van der Waals surface area (Å²) in [5, 5.41) is 2.98. The van der Waals surface area contributed by atoms with Crippen LogP contribution in [0, 0.1) is 0 Å². The van der Waals surface area contributed by atoms with Crippen molar-refractivity contribution in [3.05, 3.63) is 35.9 Å². The molecule has 4 heteroatoms. The molecule has 0 aliphatic heterocycles. The SMILES string of the molecule is CC(C)(CCc1ccccc1)NC(=O)COCCN. The minimum absolute atomic E-state index is 0.0754. The summed E-state index contributed by atoms with van der Waals surface area (Å²) in [4.78, 5) is 11.7. The Balaban J connectivity index is 2.32. The third kappa shape index (κ3) is 6.94. The van der Waals surface area contributed by atoms with E-state index in [4.69, 9.17) is 10.5 Å². The zero-order chi connectivity index (χ0) is 14.1. The number of rotatable bonds is 8. The van der Waals surface area contributed by atoms with Gasteiger partial charge in [-0.2, -0.15) is 0 Å². The van der Waals surface area contributed by atoms with Crippen molar-refractivity contribution in [3.63, 3.8) is 0 Å².